The summed E-state index contributed by atoms with van der Waals surface area (Å²) in [6.07, 6.45) is 0.986. The molecule has 0 aliphatic heterocycles. The molecule has 1 N–H and O–H groups in total. The number of aryl methyl sites for hydroxylation is 2. The summed E-state index contributed by atoms with van der Waals surface area (Å²) < 4.78 is 15.2. The van der Waals surface area contributed by atoms with Crippen LogP contribution in [0, 0.1) is 18.3 Å². The normalized spacial score (nSPS) is 13.0. The van der Waals surface area contributed by atoms with Gasteiger partial charge >= 0.3 is 0 Å². The van der Waals surface area contributed by atoms with Gasteiger partial charge in [0.05, 0.1) is 5.69 Å². The van der Waals surface area contributed by atoms with Crippen molar-refractivity contribution in [1.82, 2.24) is 9.78 Å². The van der Waals surface area contributed by atoms with Crippen LogP contribution in [-0.2, 0) is 7.05 Å². The van der Waals surface area contributed by atoms with Gasteiger partial charge in [0, 0.05) is 12.7 Å². The summed E-state index contributed by atoms with van der Waals surface area (Å²) in [7, 11) is 1.48. The summed E-state index contributed by atoms with van der Waals surface area (Å²) in [5.41, 5.74) is 2.34. The maximum absolute atomic E-state index is 14.1. The van der Waals surface area contributed by atoms with E-state index >= 15 is 0 Å². The van der Waals surface area contributed by atoms with Crippen LogP contribution in [-0.4, -0.2) is 15.7 Å². The number of para-hydroxylation sites is 1. The van der Waals surface area contributed by atoms with Crippen LogP contribution in [0.3, 0.4) is 0 Å². The summed E-state index contributed by atoms with van der Waals surface area (Å²) in [4.78, 5) is 12.5. The summed E-state index contributed by atoms with van der Waals surface area (Å²) in [5, 5.41) is 6.82. The number of amides is 1. The highest BCUT2D eigenvalue weighted by Gasteiger charge is 2.23. The first-order valence-electron chi connectivity index (χ1n) is 8.19. The molecule has 0 unspecified atom stereocenters. The van der Waals surface area contributed by atoms with Crippen molar-refractivity contribution >= 4 is 11.6 Å². The molecule has 24 heavy (non-hydrogen) atoms. The first-order chi connectivity index (χ1) is 11.1. The van der Waals surface area contributed by atoms with Gasteiger partial charge in [-0.15, -0.1) is 0 Å². The summed E-state index contributed by atoms with van der Waals surface area (Å²) >= 11 is 0. The highest BCUT2D eigenvalue weighted by molar-refractivity contribution is 6.05. The van der Waals surface area contributed by atoms with Crippen molar-refractivity contribution in [3.63, 3.8) is 0 Å². The quantitative estimate of drug-likeness (QED) is 0.885. The summed E-state index contributed by atoms with van der Waals surface area (Å²) in [5.74, 6) is -0.805. The first-order valence-corrected chi connectivity index (χ1v) is 8.19. The SMILES string of the molecule is Cc1nn(C)c(F)c1C(=O)Nc1ccccc1[C@H](C)CC(C)(C)C. The fraction of sp³-hybridized carbons (Fsp3) is 0.474. The lowest BCUT2D eigenvalue weighted by Crippen LogP contribution is -2.17. The largest absolute Gasteiger partial charge is 0.322 e. The Balaban J connectivity index is 2.29. The van der Waals surface area contributed by atoms with Crippen LogP contribution in [0.15, 0.2) is 24.3 Å². The van der Waals surface area contributed by atoms with E-state index in [4.69, 9.17) is 0 Å². The van der Waals surface area contributed by atoms with Crippen molar-refractivity contribution in [2.45, 2.75) is 47.0 Å². The molecule has 1 heterocycles. The maximum Gasteiger partial charge on any atom is 0.262 e. The fourth-order valence-electron chi connectivity index (χ4n) is 3.14. The van der Waals surface area contributed by atoms with E-state index in [1.54, 1.807) is 6.92 Å². The Kier molecular flexibility index (Phi) is 5.11. The highest BCUT2D eigenvalue weighted by Crippen LogP contribution is 2.34. The van der Waals surface area contributed by atoms with Gasteiger partial charge in [-0.25, -0.2) is 4.68 Å². The predicted molar refractivity (Wildman–Crippen MR) is 94.8 cm³/mol. The highest BCUT2D eigenvalue weighted by atomic mass is 19.1. The average Bonchev–Trinajstić information content (AvgIpc) is 2.70. The monoisotopic (exact) mass is 331 g/mol. The molecule has 0 fully saturated rings. The number of hydrogen-bond acceptors (Lipinski definition) is 2. The Morgan fingerprint density at radius 1 is 1.33 bits per heavy atom. The number of benzene rings is 1. The van der Waals surface area contributed by atoms with Gasteiger partial charge in [0.2, 0.25) is 5.95 Å². The van der Waals surface area contributed by atoms with E-state index in [9.17, 15) is 9.18 Å². The van der Waals surface area contributed by atoms with Gasteiger partial charge in [0.1, 0.15) is 5.56 Å². The van der Waals surface area contributed by atoms with E-state index in [1.807, 2.05) is 24.3 Å². The topological polar surface area (TPSA) is 46.9 Å². The molecule has 0 saturated heterocycles. The van der Waals surface area contributed by atoms with Crippen LogP contribution in [0.4, 0.5) is 10.1 Å². The van der Waals surface area contributed by atoms with Gasteiger partial charge in [-0.3, -0.25) is 4.79 Å². The van der Waals surface area contributed by atoms with Crippen LogP contribution >= 0.6 is 0 Å². The van der Waals surface area contributed by atoms with Crippen molar-refractivity contribution in [3.8, 4) is 0 Å². The molecule has 5 heteroatoms. The lowest BCUT2D eigenvalue weighted by Gasteiger charge is -2.25. The number of carbonyl (C=O) groups excluding carboxylic acids is 1. The molecule has 1 aromatic carbocycles. The van der Waals surface area contributed by atoms with E-state index in [0.29, 0.717) is 5.69 Å². The lowest BCUT2D eigenvalue weighted by atomic mass is 9.82. The first kappa shape index (κ1) is 18.2. The van der Waals surface area contributed by atoms with Crippen LogP contribution in [0.5, 0.6) is 0 Å². The number of aromatic nitrogens is 2. The Labute approximate surface area is 143 Å². The second-order valence-electron chi connectivity index (χ2n) is 7.58. The van der Waals surface area contributed by atoms with E-state index in [1.165, 1.54) is 7.05 Å². The number of rotatable bonds is 4. The molecule has 0 spiro atoms. The van der Waals surface area contributed by atoms with Crippen molar-refractivity contribution in [1.29, 1.82) is 0 Å². The molecule has 130 valence electrons. The van der Waals surface area contributed by atoms with Gasteiger partial charge in [0.15, 0.2) is 0 Å². The zero-order valence-corrected chi connectivity index (χ0v) is 15.3. The third-order valence-electron chi connectivity index (χ3n) is 4.04. The third kappa shape index (κ3) is 4.02. The molecule has 2 aromatic rings. The predicted octanol–water partition coefficient (Wildman–Crippen LogP) is 4.66. The molecule has 1 atom stereocenters. The molecule has 1 aromatic heterocycles. The van der Waals surface area contributed by atoms with Gasteiger partial charge in [-0.05, 0) is 36.3 Å². The number of hydrogen-bond donors (Lipinski definition) is 1. The van der Waals surface area contributed by atoms with Gasteiger partial charge in [0.25, 0.3) is 5.91 Å². The molecular formula is C19H26FN3O. The van der Waals surface area contributed by atoms with E-state index in [0.717, 1.165) is 22.4 Å². The zero-order valence-electron chi connectivity index (χ0n) is 15.3. The maximum atomic E-state index is 14.1. The average molecular weight is 331 g/mol. The molecule has 0 aliphatic carbocycles. The number of carbonyl (C=O) groups is 1. The molecule has 0 radical (unpaired) electrons. The van der Waals surface area contributed by atoms with Crippen molar-refractivity contribution in [2.24, 2.45) is 12.5 Å². The minimum Gasteiger partial charge on any atom is -0.322 e. The molecule has 0 bridgehead atoms. The second kappa shape index (κ2) is 6.75. The van der Waals surface area contributed by atoms with Gasteiger partial charge in [-0.2, -0.15) is 9.49 Å². The number of nitrogens with zero attached hydrogens (tertiary/aromatic N) is 2. The third-order valence-corrected chi connectivity index (χ3v) is 4.04. The fourth-order valence-corrected chi connectivity index (χ4v) is 3.14. The molecule has 2 rings (SSSR count). The van der Waals surface area contributed by atoms with Gasteiger partial charge in [-0.1, -0.05) is 45.9 Å². The smallest absolute Gasteiger partial charge is 0.262 e. The Hall–Kier alpha value is -2.17. The number of halogens is 1. The van der Waals surface area contributed by atoms with Crippen molar-refractivity contribution in [2.75, 3.05) is 5.32 Å². The van der Waals surface area contributed by atoms with Crippen LogP contribution < -0.4 is 5.32 Å². The summed E-state index contributed by atoms with van der Waals surface area (Å²) in [6, 6.07) is 7.70. The van der Waals surface area contributed by atoms with Crippen molar-refractivity contribution < 1.29 is 9.18 Å². The lowest BCUT2D eigenvalue weighted by molar-refractivity contribution is 0.102. The summed E-state index contributed by atoms with van der Waals surface area (Å²) in [6.45, 7) is 10.4. The standard InChI is InChI=1S/C19H26FN3O/c1-12(11-19(3,4)5)14-9-7-8-10-15(14)21-18(24)16-13(2)22-23(6)17(16)20/h7-10,12H,11H2,1-6H3,(H,21,24)/t12-/m1/s1. The van der Waals surface area contributed by atoms with E-state index < -0.39 is 11.9 Å². The van der Waals surface area contributed by atoms with E-state index in [-0.39, 0.29) is 16.9 Å². The Morgan fingerprint density at radius 2 is 1.96 bits per heavy atom. The minimum atomic E-state index is -0.620. The van der Waals surface area contributed by atoms with Crippen LogP contribution in [0.2, 0.25) is 0 Å². The molecule has 1 amide bonds. The van der Waals surface area contributed by atoms with Crippen molar-refractivity contribution in [3.05, 3.63) is 47.0 Å². The van der Waals surface area contributed by atoms with Crippen LogP contribution in [0.25, 0.3) is 0 Å². The minimum absolute atomic E-state index is 0.00391. The molecule has 0 saturated carbocycles. The Bertz CT molecular complexity index is 744. The zero-order chi connectivity index (χ0) is 18.1. The van der Waals surface area contributed by atoms with Gasteiger partial charge < -0.3 is 5.32 Å². The second-order valence-corrected chi connectivity index (χ2v) is 7.58. The number of anilines is 1. The van der Waals surface area contributed by atoms with E-state index in [2.05, 4.69) is 38.1 Å². The Morgan fingerprint density at radius 3 is 2.50 bits per heavy atom. The molecular weight excluding hydrogens is 305 g/mol. The van der Waals surface area contributed by atoms with Crippen LogP contribution in [0.1, 0.15) is 61.6 Å². The molecule has 4 nitrogen and oxygen atoms in total. The molecule has 0 aliphatic rings. The number of nitrogens with one attached hydrogen (secondary N) is 1.